The number of benzene rings is 2. The minimum atomic E-state index is -3.55. The van der Waals surface area contributed by atoms with Crippen LogP contribution in [0.2, 0.25) is 0 Å². The molecule has 0 radical (unpaired) electrons. The van der Waals surface area contributed by atoms with Crippen molar-refractivity contribution in [3.8, 4) is 0 Å². The Bertz CT molecular complexity index is 1210. The van der Waals surface area contributed by atoms with Crippen LogP contribution in [0.15, 0.2) is 64.9 Å². The molecule has 7 heteroatoms. The van der Waals surface area contributed by atoms with E-state index in [1.807, 2.05) is 44.4 Å². The molecule has 3 aromatic rings. The molecule has 0 aliphatic carbocycles. The fraction of sp³-hybridized carbons (Fsp3) is 0.346. The first-order valence-corrected chi connectivity index (χ1v) is 13.6. The van der Waals surface area contributed by atoms with E-state index in [2.05, 4.69) is 29.6 Å². The van der Waals surface area contributed by atoms with Gasteiger partial charge in [-0.3, -0.25) is 4.79 Å². The van der Waals surface area contributed by atoms with E-state index >= 15 is 0 Å². The van der Waals surface area contributed by atoms with Crippen LogP contribution >= 0.6 is 11.3 Å². The number of thiophene rings is 1. The first-order valence-electron chi connectivity index (χ1n) is 11.2. The quantitative estimate of drug-likeness (QED) is 0.539. The summed E-state index contributed by atoms with van der Waals surface area (Å²) in [5.74, 6) is -0.221. The second-order valence-corrected chi connectivity index (χ2v) is 11.7. The Hall–Kier alpha value is -2.48. The molecule has 0 unspecified atom stereocenters. The molecule has 1 aliphatic rings. The van der Waals surface area contributed by atoms with Gasteiger partial charge in [-0.2, -0.15) is 4.31 Å². The number of carbonyl (C=O) groups is 1. The number of sulfonamides is 1. The van der Waals surface area contributed by atoms with Gasteiger partial charge < -0.3 is 5.32 Å². The molecule has 0 spiro atoms. The Morgan fingerprint density at radius 1 is 1.00 bits per heavy atom. The third kappa shape index (κ3) is 5.21. The lowest BCUT2D eigenvalue weighted by atomic mass is 9.95. The maximum Gasteiger partial charge on any atom is 0.243 e. The summed E-state index contributed by atoms with van der Waals surface area (Å²) in [6.45, 7) is 6.63. The topological polar surface area (TPSA) is 66.5 Å². The summed E-state index contributed by atoms with van der Waals surface area (Å²) in [4.78, 5) is 14.6. The summed E-state index contributed by atoms with van der Waals surface area (Å²) in [6.07, 6.45) is 1.03. The maximum atomic E-state index is 13.2. The Kier molecular flexibility index (Phi) is 7.02. The van der Waals surface area contributed by atoms with Crippen LogP contribution in [0.4, 0.5) is 0 Å². The van der Waals surface area contributed by atoms with Gasteiger partial charge in [0, 0.05) is 23.9 Å². The Balaban J connectivity index is 1.44. The number of amides is 1. The normalized spacial score (nSPS) is 16.5. The minimum absolute atomic E-state index is 0.0165. The van der Waals surface area contributed by atoms with E-state index in [4.69, 9.17) is 0 Å². The average molecular weight is 483 g/mol. The van der Waals surface area contributed by atoms with Crippen LogP contribution in [-0.2, 0) is 14.8 Å². The Morgan fingerprint density at radius 3 is 2.30 bits per heavy atom. The highest BCUT2D eigenvalue weighted by Crippen LogP contribution is 2.29. The number of hydrogen-bond acceptors (Lipinski definition) is 4. The monoisotopic (exact) mass is 482 g/mol. The lowest BCUT2D eigenvalue weighted by molar-refractivity contribution is -0.126. The number of piperidine rings is 1. The van der Waals surface area contributed by atoms with Crippen molar-refractivity contribution in [2.75, 3.05) is 13.1 Å². The Labute approximate surface area is 200 Å². The van der Waals surface area contributed by atoms with E-state index in [-0.39, 0.29) is 17.9 Å². The SMILES string of the molecule is Cc1ccc([C@@H](NC(=O)C2CCN(S(=O)(=O)c3ccc(C)c(C)c3)CC2)c2cccs2)cc1. The summed E-state index contributed by atoms with van der Waals surface area (Å²) in [5.41, 5.74) is 4.25. The summed E-state index contributed by atoms with van der Waals surface area (Å²) in [5, 5.41) is 5.24. The molecule has 1 saturated heterocycles. The molecule has 33 heavy (non-hydrogen) atoms. The van der Waals surface area contributed by atoms with E-state index in [9.17, 15) is 13.2 Å². The molecule has 2 aromatic carbocycles. The molecule has 1 fully saturated rings. The highest BCUT2D eigenvalue weighted by molar-refractivity contribution is 7.89. The zero-order valence-corrected chi connectivity index (χ0v) is 20.9. The van der Waals surface area contributed by atoms with Crippen molar-refractivity contribution >= 4 is 27.3 Å². The molecule has 0 bridgehead atoms. The summed E-state index contributed by atoms with van der Waals surface area (Å²) in [6, 6.07) is 17.3. The molecule has 4 rings (SSSR count). The van der Waals surface area contributed by atoms with E-state index in [0.29, 0.717) is 30.8 Å². The number of nitrogens with zero attached hydrogens (tertiary/aromatic N) is 1. The standard InChI is InChI=1S/C26H30N2O3S2/c1-18-6-9-21(10-7-18)25(24-5-4-16-32-24)27-26(29)22-12-14-28(15-13-22)33(30,31)23-11-8-19(2)20(3)17-23/h4-11,16-17,22,25H,12-15H2,1-3H3,(H,27,29)/t25-/m1/s1. The third-order valence-corrected chi connectivity index (χ3v) is 9.30. The van der Waals surface area contributed by atoms with Gasteiger partial charge in [0.05, 0.1) is 10.9 Å². The summed E-state index contributed by atoms with van der Waals surface area (Å²) >= 11 is 1.62. The number of aryl methyl sites for hydroxylation is 3. The van der Waals surface area contributed by atoms with Crippen molar-refractivity contribution in [3.63, 3.8) is 0 Å². The number of hydrogen-bond donors (Lipinski definition) is 1. The first-order chi connectivity index (χ1) is 15.8. The lowest BCUT2D eigenvalue weighted by Gasteiger charge is -2.31. The van der Waals surface area contributed by atoms with Gasteiger partial charge in [0.1, 0.15) is 0 Å². The number of rotatable bonds is 6. The van der Waals surface area contributed by atoms with Gasteiger partial charge in [0.2, 0.25) is 15.9 Å². The smallest absolute Gasteiger partial charge is 0.243 e. The largest absolute Gasteiger partial charge is 0.344 e. The number of nitrogens with one attached hydrogen (secondary N) is 1. The van der Waals surface area contributed by atoms with Gasteiger partial charge in [-0.1, -0.05) is 42.0 Å². The van der Waals surface area contributed by atoms with Crippen LogP contribution in [0.5, 0.6) is 0 Å². The van der Waals surface area contributed by atoms with Gasteiger partial charge in [-0.25, -0.2) is 8.42 Å². The van der Waals surface area contributed by atoms with Gasteiger partial charge in [-0.05, 0) is 73.9 Å². The van der Waals surface area contributed by atoms with Gasteiger partial charge >= 0.3 is 0 Å². The molecular weight excluding hydrogens is 452 g/mol. The van der Waals surface area contributed by atoms with E-state index in [1.165, 1.54) is 9.87 Å². The van der Waals surface area contributed by atoms with Gasteiger partial charge in [0.25, 0.3) is 0 Å². The molecule has 1 atom stereocenters. The molecule has 1 aliphatic heterocycles. The molecule has 5 nitrogen and oxygen atoms in total. The van der Waals surface area contributed by atoms with Crippen molar-refractivity contribution in [2.24, 2.45) is 5.92 Å². The highest BCUT2D eigenvalue weighted by atomic mass is 32.2. The van der Waals surface area contributed by atoms with Crippen LogP contribution in [0.25, 0.3) is 0 Å². The predicted octanol–water partition coefficient (Wildman–Crippen LogP) is 4.98. The summed E-state index contributed by atoms with van der Waals surface area (Å²) < 4.78 is 27.7. The molecule has 1 N–H and O–H groups in total. The van der Waals surface area contributed by atoms with Crippen molar-refractivity contribution in [2.45, 2.75) is 44.6 Å². The fourth-order valence-corrected chi connectivity index (χ4v) is 6.53. The van der Waals surface area contributed by atoms with Crippen LogP contribution in [-0.4, -0.2) is 31.7 Å². The van der Waals surface area contributed by atoms with Crippen LogP contribution in [0, 0.1) is 26.7 Å². The van der Waals surface area contributed by atoms with Crippen LogP contribution in [0.1, 0.15) is 46.0 Å². The minimum Gasteiger partial charge on any atom is -0.344 e. The summed E-state index contributed by atoms with van der Waals surface area (Å²) in [7, 11) is -3.55. The molecule has 1 amide bonds. The van der Waals surface area contributed by atoms with Gasteiger partial charge in [-0.15, -0.1) is 11.3 Å². The van der Waals surface area contributed by atoms with Crippen molar-refractivity contribution in [1.82, 2.24) is 9.62 Å². The van der Waals surface area contributed by atoms with E-state index < -0.39 is 10.0 Å². The van der Waals surface area contributed by atoms with Crippen LogP contribution in [0.3, 0.4) is 0 Å². The second-order valence-electron chi connectivity index (χ2n) is 8.79. The zero-order valence-electron chi connectivity index (χ0n) is 19.2. The third-order valence-electron chi connectivity index (χ3n) is 6.47. The van der Waals surface area contributed by atoms with E-state index in [0.717, 1.165) is 21.6 Å². The lowest BCUT2D eigenvalue weighted by Crippen LogP contribution is -2.43. The predicted molar refractivity (Wildman–Crippen MR) is 133 cm³/mol. The van der Waals surface area contributed by atoms with Crippen molar-refractivity contribution in [3.05, 3.63) is 87.1 Å². The molecule has 1 aromatic heterocycles. The zero-order chi connectivity index (χ0) is 23.6. The second kappa shape index (κ2) is 9.79. The first kappa shape index (κ1) is 23.7. The van der Waals surface area contributed by atoms with Crippen LogP contribution < -0.4 is 5.32 Å². The molecule has 2 heterocycles. The molecule has 0 saturated carbocycles. The number of carbonyl (C=O) groups excluding carboxylic acids is 1. The average Bonchev–Trinajstić information content (AvgIpc) is 3.34. The van der Waals surface area contributed by atoms with E-state index in [1.54, 1.807) is 23.5 Å². The highest BCUT2D eigenvalue weighted by Gasteiger charge is 2.33. The fourth-order valence-electron chi connectivity index (χ4n) is 4.18. The van der Waals surface area contributed by atoms with Crippen molar-refractivity contribution in [1.29, 1.82) is 0 Å². The maximum absolute atomic E-state index is 13.2. The van der Waals surface area contributed by atoms with Crippen molar-refractivity contribution < 1.29 is 13.2 Å². The molecule has 174 valence electrons. The Morgan fingerprint density at radius 2 is 1.70 bits per heavy atom. The molecular formula is C26H30N2O3S2. The van der Waals surface area contributed by atoms with Gasteiger partial charge in [0.15, 0.2) is 0 Å².